The number of rotatable bonds is 9. The average molecular weight is 335 g/mol. The van der Waals surface area contributed by atoms with E-state index in [1.165, 1.54) is 0 Å². The van der Waals surface area contributed by atoms with E-state index in [1.807, 2.05) is 25.1 Å². The van der Waals surface area contributed by atoms with E-state index in [0.717, 1.165) is 24.8 Å². The molecule has 0 bridgehead atoms. The molecule has 0 aliphatic rings. The van der Waals surface area contributed by atoms with E-state index >= 15 is 0 Å². The molecule has 0 heterocycles. The van der Waals surface area contributed by atoms with Crippen LogP contribution in [0.3, 0.4) is 0 Å². The zero-order valence-electron chi connectivity index (χ0n) is 12.8. The summed E-state index contributed by atoms with van der Waals surface area (Å²) in [6, 6.07) is 5.77. The van der Waals surface area contributed by atoms with Crippen LogP contribution in [-0.4, -0.2) is 27.9 Å². The Hall–Kier alpha value is -0.940. The highest BCUT2D eigenvalue weighted by atomic mass is 35.7. The van der Waals surface area contributed by atoms with Crippen molar-refractivity contribution < 1.29 is 17.9 Å². The van der Waals surface area contributed by atoms with Gasteiger partial charge in [-0.1, -0.05) is 26.3 Å². The first-order valence-corrected chi connectivity index (χ1v) is 9.59. The van der Waals surface area contributed by atoms with Crippen molar-refractivity contribution in [2.24, 2.45) is 5.92 Å². The average Bonchev–Trinajstić information content (AvgIpc) is 2.43. The molecule has 0 N–H and O–H groups in total. The molecule has 1 aromatic rings. The molecule has 0 saturated heterocycles. The Bertz CT molecular complexity index is 543. The molecule has 0 aromatic heterocycles. The van der Waals surface area contributed by atoms with Gasteiger partial charge in [0.2, 0.25) is 9.05 Å². The molecule has 0 spiro atoms. The van der Waals surface area contributed by atoms with Gasteiger partial charge in [-0.25, -0.2) is 8.42 Å². The minimum Gasteiger partial charge on any atom is -0.493 e. The van der Waals surface area contributed by atoms with Crippen LogP contribution in [0.5, 0.6) is 11.5 Å². The fourth-order valence-corrected chi connectivity index (χ4v) is 3.52. The van der Waals surface area contributed by atoms with Crippen LogP contribution in [0.1, 0.15) is 32.3 Å². The highest BCUT2D eigenvalue weighted by molar-refractivity contribution is 8.13. The van der Waals surface area contributed by atoms with Gasteiger partial charge in [-0.05, 0) is 30.5 Å². The fourth-order valence-electron chi connectivity index (χ4n) is 2.16. The molecule has 0 fully saturated rings. The van der Waals surface area contributed by atoms with Crippen LogP contribution in [0, 0.1) is 5.92 Å². The smallest absolute Gasteiger partial charge is 0.232 e. The van der Waals surface area contributed by atoms with Crippen molar-refractivity contribution >= 4 is 19.7 Å². The maximum atomic E-state index is 11.2. The summed E-state index contributed by atoms with van der Waals surface area (Å²) in [6.07, 6.45) is 2.55. The van der Waals surface area contributed by atoms with Crippen molar-refractivity contribution in [3.05, 3.63) is 23.8 Å². The first-order valence-electron chi connectivity index (χ1n) is 7.11. The molecule has 0 aliphatic carbocycles. The molecule has 21 heavy (non-hydrogen) atoms. The molecule has 1 unspecified atom stereocenters. The van der Waals surface area contributed by atoms with Gasteiger partial charge in [0.1, 0.15) is 0 Å². The summed E-state index contributed by atoms with van der Waals surface area (Å²) in [7, 11) is 3.41. The molecule has 1 aromatic carbocycles. The summed E-state index contributed by atoms with van der Waals surface area (Å²) in [5, 5.41) is 0. The lowest BCUT2D eigenvalue weighted by Gasteiger charge is -2.17. The Morgan fingerprint density at radius 2 is 1.95 bits per heavy atom. The van der Waals surface area contributed by atoms with Crippen molar-refractivity contribution in [1.82, 2.24) is 0 Å². The number of hydrogen-bond acceptors (Lipinski definition) is 4. The summed E-state index contributed by atoms with van der Waals surface area (Å²) in [4.78, 5) is 0. The second kappa shape index (κ2) is 8.49. The van der Waals surface area contributed by atoms with Crippen LogP contribution in [0.2, 0.25) is 0 Å². The predicted octanol–water partition coefficient (Wildman–Crippen LogP) is 3.62. The largest absolute Gasteiger partial charge is 0.493 e. The van der Waals surface area contributed by atoms with E-state index in [0.29, 0.717) is 18.1 Å². The summed E-state index contributed by atoms with van der Waals surface area (Å²) in [6.45, 7) is 4.38. The van der Waals surface area contributed by atoms with Gasteiger partial charge in [0.25, 0.3) is 0 Å². The van der Waals surface area contributed by atoms with Crippen LogP contribution in [0.4, 0.5) is 0 Å². The second-order valence-electron chi connectivity index (χ2n) is 5.01. The zero-order chi connectivity index (χ0) is 15.9. The Morgan fingerprint density at radius 3 is 2.48 bits per heavy atom. The van der Waals surface area contributed by atoms with Gasteiger partial charge >= 0.3 is 0 Å². The molecule has 6 heteroatoms. The van der Waals surface area contributed by atoms with Crippen LogP contribution in [-0.2, 0) is 15.5 Å². The summed E-state index contributed by atoms with van der Waals surface area (Å²) < 4.78 is 33.5. The summed E-state index contributed by atoms with van der Waals surface area (Å²) >= 11 is 0. The summed E-state index contributed by atoms with van der Waals surface area (Å²) in [5.74, 6) is 1.10. The quantitative estimate of drug-likeness (QED) is 0.647. The normalized spacial score (nSPS) is 13.0. The molecule has 1 rings (SSSR count). The third-order valence-electron chi connectivity index (χ3n) is 3.24. The number of halogens is 1. The van der Waals surface area contributed by atoms with Gasteiger partial charge in [-0.3, -0.25) is 0 Å². The van der Waals surface area contributed by atoms with E-state index in [4.69, 9.17) is 20.2 Å². The molecule has 0 amide bonds. The number of ether oxygens (including phenoxy) is 2. The Kier molecular flexibility index (Phi) is 7.32. The monoisotopic (exact) mass is 334 g/mol. The van der Waals surface area contributed by atoms with E-state index in [1.54, 1.807) is 7.11 Å². The van der Waals surface area contributed by atoms with Crippen molar-refractivity contribution in [3.63, 3.8) is 0 Å². The first-order chi connectivity index (χ1) is 9.89. The number of aryl methyl sites for hydroxylation is 1. The molecule has 4 nitrogen and oxygen atoms in total. The van der Waals surface area contributed by atoms with Gasteiger partial charge < -0.3 is 9.47 Å². The molecule has 1 atom stereocenters. The van der Waals surface area contributed by atoms with Gasteiger partial charge in [0.15, 0.2) is 11.5 Å². The van der Waals surface area contributed by atoms with Crippen LogP contribution < -0.4 is 9.47 Å². The molecule has 0 saturated carbocycles. The Labute approximate surface area is 131 Å². The molecule has 0 aliphatic heterocycles. The number of benzene rings is 1. The predicted molar refractivity (Wildman–Crippen MR) is 85.9 cm³/mol. The maximum absolute atomic E-state index is 11.2. The number of methoxy groups -OCH3 is 1. The zero-order valence-corrected chi connectivity index (χ0v) is 14.3. The van der Waals surface area contributed by atoms with Gasteiger partial charge in [0.05, 0.1) is 19.5 Å². The minimum absolute atomic E-state index is 0.0717. The third kappa shape index (κ3) is 6.57. The lowest BCUT2D eigenvalue weighted by molar-refractivity contribution is 0.241. The van der Waals surface area contributed by atoms with E-state index < -0.39 is 9.05 Å². The first kappa shape index (κ1) is 18.1. The maximum Gasteiger partial charge on any atom is 0.232 e. The second-order valence-corrected chi connectivity index (χ2v) is 7.83. The van der Waals surface area contributed by atoms with Crippen molar-refractivity contribution in [3.8, 4) is 11.5 Å². The lowest BCUT2D eigenvalue weighted by Crippen LogP contribution is -2.19. The van der Waals surface area contributed by atoms with Crippen molar-refractivity contribution in [2.75, 3.05) is 19.5 Å². The molecule has 0 radical (unpaired) electrons. The molecule has 120 valence electrons. The minimum atomic E-state index is -3.52. The fraction of sp³-hybridized carbons (Fsp3) is 0.600. The highest BCUT2D eigenvalue weighted by Crippen LogP contribution is 2.29. The van der Waals surface area contributed by atoms with E-state index in [-0.39, 0.29) is 11.7 Å². The van der Waals surface area contributed by atoms with Gasteiger partial charge in [-0.2, -0.15) is 0 Å². The standard InChI is InChI=1S/C15H23ClO4S/c1-4-6-13(11-21(16,17)18)10-20-14-8-7-12(5-2)9-15(14)19-3/h7-9,13H,4-6,10-11H2,1-3H3. The highest BCUT2D eigenvalue weighted by Gasteiger charge is 2.18. The van der Waals surface area contributed by atoms with Gasteiger partial charge in [0, 0.05) is 16.6 Å². The van der Waals surface area contributed by atoms with Gasteiger partial charge in [-0.15, -0.1) is 0 Å². The number of hydrogen-bond donors (Lipinski definition) is 0. The van der Waals surface area contributed by atoms with E-state index in [2.05, 4.69) is 6.92 Å². The Balaban J connectivity index is 2.75. The summed E-state index contributed by atoms with van der Waals surface area (Å²) in [5.41, 5.74) is 1.16. The van der Waals surface area contributed by atoms with Crippen LogP contribution in [0.15, 0.2) is 18.2 Å². The van der Waals surface area contributed by atoms with Crippen LogP contribution in [0.25, 0.3) is 0 Å². The third-order valence-corrected chi connectivity index (χ3v) is 4.49. The SMILES string of the molecule is CCCC(COc1ccc(CC)cc1OC)CS(=O)(=O)Cl. The molecular weight excluding hydrogens is 312 g/mol. The topological polar surface area (TPSA) is 52.6 Å². The Morgan fingerprint density at radius 1 is 1.24 bits per heavy atom. The van der Waals surface area contributed by atoms with E-state index in [9.17, 15) is 8.42 Å². The molecular formula is C15H23ClO4S. The van der Waals surface area contributed by atoms with Crippen LogP contribution >= 0.6 is 10.7 Å². The van der Waals surface area contributed by atoms with Crippen molar-refractivity contribution in [1.29, 1.82) is 0 Å². The van der Waals surface area contributed by atoms with Crippen molar-refractivity contribution in [2.45, 2.75) is 33.1 Å². The lowest BCUT2D eigenvalue weighted by atomic mass is 10.1.